The van der Waals surface area contributed by atoms with Crippen LogP contribution in [0, 0.1) is 11.7 Å². The van der Waals surface area contributed by atoms with Gasteiger partial charge in [0, 0.05) is 13.1 Å². The van der Waals surface area contributed by atoms with Crippen LogP contribution in [0.25, 0.3) is 5.69 Å². The number of halogens is 2. The Morgan fingerprint density at radius 1 is 1.50 bits per heavy atom. The molecule has 0 spiro atoms. The summed E-state index contributed by atoms with van der Waals surface area (Å²) in [6.45, 7) is 2.05. The molecule has 1 aromatic carbocycles. The molecule has 0 saturated carbocycles. The van der Waals surface area contributed by atoms with E-state index in [0.29, 0.717) is 18.8 Å². The Bertz CT molecular complexity index is 704. The fourth-order valence-corrected chi connectivity index (χ4v) is 2.74. The minimum atomic E-state index is -0.472. The van der Waals surface area contributed by atoms with Gasteiger partial charge >= 0.3 is 0 Å². The van der Waals surface area contributed by atoms with Crippen molar-refractivity contribution in [3.05, 3.63) is 40.9 Å². The zero-order valence-electron chi connectivity index (χ0n) is 11.7. The number of hydrogen-bond acceptors (Lipinski definition) is 4. The van der Waals surface area contributed by atoms with E-state index in [1.807, 2.05) is 0 Å². The van der Waals surface area contributed by atoms with Crippen LogP contribution in [0.5, 0.6) is 0 Å². The third kappa shape index (κ3) is 3.10. The number of primary amides is 1. The SMILES string of the molecule is NC(=O)[C@@H]1CCN(Cc2cn(-c3ccc(F)c(Cl)c3)nn2)C1. The van der Waals surface area contributed by atoms with Crippen LogP contribution in [0.4, 0.5) is 4.39 Å². The number of nitrogens with two attached hydrogens (primary N) is 1. The monoisotopic (exact) mass is 323 g/mol. The van der Waals surface area contributed by atoms with Crippen molar-refractivity contribution < 1.29 is 9.18 Å². The first-order chi connectivity index (χ1) is 10.5. The Kier molecular flexibility index (Phi) is 4.08. The van der Waals surface area contributed by atoms with E-state index in [2.05, 4.69) is 15.2 Å². The molecule has 1 aromatic heterocycles. The predicted molar refractivity (Wildman–Crippen MR) is 78.9 cm³/mol. The maximum absolute atomic E-state index is 13.2. The smallest absolute Gasteiger partial charge is 0.221 e. The highest BCUT2D eigenvalue weighted by molar-refractivity contribution is 6.30. The number of aromatic nitrogens is 3. The van der Waals surface area contributed by atoms with Crippen molar-refractivity contribution in [2.75, 3.05) is 13.1 Å². The summed E-state index contributed by atoms with van der Waals surface area (Å²) in [4.78, 5) is 13.3. The summed E-state index contributed by atoms with van der Waals surface area (Å²) in [5.41, 5.74) is 6.73. The quantitative estimate of drug-likeness (QED) is 0.922. The van der Waals surface area contributed by atoms with Crippen molar-refractivity contribution in [1.82, 2.24) is 19.9 Å². The average Bonchev–Trinajstić information content (AvgIpc) is 3.12. The van der Waals surface area contributed by atoms with Crippen molar-refractivity contribution in [2.45, 2.75) is 13.0 Å². The fraction of sp³-hybridized carbons (Fsp3) is 0.357. The lowest BCUT2D eigenvalue weighted by molar-refractivity contribution is -0.121. The lowest BCUT2D eigenvalue weighted by atomic mass is 10.1. The van der Waals surface area contributed by atoms with Gasteiger partial charge in [-0.25, -0.2) is 9.07 Å². The van der Waals surface area contributed by atoms with Gasteiger partial charge in [0.05, 0.1) is 28.5 Å². The Labute approximate surface area is 131 Å². The molecule has 2 N–H and O–H groups in total. The second-order valence-electron chi connectivity index (χ2n) is 5.38. The van der Waals surface area contributed by atoms with Gasteiger partial charge in [-0.1, -0.05) is 16.8 Å². The lowest BCUT2D eigenvalue weighted by Gasteiger charge is -2.12. The summed E-state index contributed by atoms with van der Waals surface area (Å²) in [5, 5.41) is 8.16. The van der Waals surface area contributed by atoms with Crippen LogP contribution in [-0.2, 0) is 11.3 Å². The Morgan fingerprint density at radius 2 is 2.32 bits per heavy atom. The van der Waals surface area contributed by atoms with Gasteiger partial charge < -0.3 is 5.73 Å². The second kappa shape index (κ2) is 6.02. The molecular formula is C14H15ClFN5O. The molecule has 0 aliphatic carbocycles. The molecule has 0 unspecified atom stereocenters. The third-order valence-electron chi connectivity index (χ3n) is 3.77. The Balaban J connectivity index is 1.69. The van der Waals surface area contributed by atoms with Gasteiger partial charge in [-0.2, -0.15) is 0 Å². The maximum Gasteiger partial charge on any atom is 0.221 e. The number of carbonyl (C=O) groups excluding carboxylic acids is 1. The van der Waals surface area contributed by atoms with Crippen molar-refractivity contribution in [2.24, 2.45) is 11.7 Å². The van der Waals surface area contributed by atoms with Crippen LogP contribution < -0.4 is 5.73 Å². The first kappa shape index (κ1) is 14.9. The zero-order chi connectivity index (χ0) is 15.7. The molecule has 116 valence electrons. The van der Waals surface area contributed by atoms with E-state index in [-0.39, 0.29) is 16.8 Å². The van der Waals surface area contributed by atoms with E-state index in [1.54, 1.807) is 16.9 Å². The molecule has 1 aliphatic heterocycles. The van der Waals surface area contributed by atoms with Gasteiger partial charge in [-0.15, -0.1) is 5.10 Å². The third-order valence-corrected chi connectivity index (χ3v) is 4.06. The Morgan fingerprint density at radius 3 is 3.00 bits per heavy atom. The van der Waals surface area contributed by atoms with E-state index >= 15 is 0 Å². The average molecular weight is 324 g/mol. The number of nitrogens with zero attached hydrogens (tertiary/aromatic N) is 4. The van der Waals surface area contributed by atoms with Crippen LogP contribution >= 0.6 is 11.6 Å². The highest BCUT2D eigenvalue weighted by Crippen LogP contribution is 2.20. The molecule has 2 heterocycles. The summed E-state index contributed by atoms with van der Waals surface area (Å²) in [6.07, 6.45) is 2.54. The van der Waals surface area contributed by atoms with E-state index in [0.717, 1.165) is 18.7 Å². The van der Waals surface area contributed by atoms with Gasteiger partial charge in [-0.05, 0) is 31.2 Å². The summed E-state index contributed by atoms with van der Waals surface area (Å²) < 4.78 is 14.7. The summed E-state index contributed by atoms with van der Waals surface area (Å²) in [5.74, 6) is -0.821. The zero-order valence-corrected chi connectivity index (χ0v) is 12.5. The number of hydrogen-bond donors (Lipinski definition) is 1. The van der Waals surface area contributed by atoms with Gasteiger partial charge in [0.25, 0.3) is 0 Å². The predicted octanol–water partition coefficient (Wildman–Crippen LogP) is 1.37. The summed E-state index contributed by atoms with van der Waals surface area (Å²) in [6, 6.07) is 4.36. The molecule has 1 atom stereocenters. The van der Waals surface area contributed by atoms with Crippen LogP contribution in [-0.4, -0.2) is 38.9 Å². The summed E-state index contributed by atoms with van der Waals surface area (Å²) in [7, 11) is 0. The minimum absolute atomic E-state index is 0.0402. The standard InChI is InChI=1S/C14H15ClFN5O/c15-12-5-11(1-2-13(12)16)21-8-10(18-19-21)7-20-4-3-9(6-20)14(17)22/h1-2,5,8-9H,3-4,6-7H2,(H2,17,22)/t9-/m1/s1. The van der Waals surface area contributed by atoms with Crippen LogP contribution in [0.2, 0.25) is 5.02 Å². The van der Waals surface area contributed by atoms with E-state index in [9.17, 15) is 9.18 Å². The highest BCUT2D eigenvalue weighted by atomic mass is 35.5. The van der Waals surface area contributed by atoms with Gasteiger partial charge in [-0.3, -0.25) is 9.69 Å². The molecule has 0 radical (unpaired) electrons. The first-order valence-corrected chi connectivity index (χ1v) is 7.29. The van der Waals surface area contributed by atoms with Crippen molar-refractivity contribution in [1.29, 1.82) is 0 Å². The molecule has 1 fully saturated rings. The molecule has 2 aromatic rings. The number of rotatable bonds is 4. The second-order valence-corrected chi connectivity index (χ2v) is 5.78. The molecule has 22 heavy (non-hydrogen) atoms. The molecule has 8 heteroatoms. The number of amides is 1. The van der Waals surface area contributed by atoms with Crippen molar-refractivity contribution in [3.8, 4) is 5.69 Å². The van der Waals surface area contributed by atoms with Crippen molar-refractivity contribution in [3.63, 3.8) is 0 Å². The molecule has 1 amide bonds. The molecule has 1 aliphatic rings. The van der Waals surface area contributed by atoms with Crippen molar-refractivity contribution >= 4 is 17.5 Å². The molecular weight excluding hydrogens is 309 g/mol. The van der Waals surface area contributed by atoms with Gasteiger partial charge in [0.15, 0.2) is 0 Å². The lowest BCUT2D eigenvalue weighted by Crippen LogP contribution is -2.27. The highest BCUT2D eigenvalue weighted by Gasteiger charge is 2.26. The molecule has 1 saturated heterocycles. The molecule has 0 bridgehead atoms. The topological polar surface area (TPSA) is 77.0 Å². The fourth-order valence-electron chi connectivity index (χ4n) is 2.56. The first-order valence-electron chi connectivity index (χ1n) is 6.91. The number of likely N-dealkylation sites (tertiary alicyclic amines) is 1. The molecule has 6 nitrogen and oxygen atoms in total. The van der Waals surface area contributed by atoms with Crippen LogP contribution in [0.1, 0.15) is 12.1 Å². The van der Waals surface area contributed by atoms with E-state index < -0.39 is 5.82 Å². The van der Waals surface area contributed by atoms with Gasteiger partial charge in [0.2, 0.25) is 5.91 Å². The van der Waals surface area contributed by atoms with Crippen LogP contribution in [0.3, 0.4) is 0 Å². The Hall–Kier alpha value is -1.99. The van der Waals surface area contributed by atoms with E-state index in [4.69, 9.17) is 17.3 Å². The number of carbonyl (C=O) groups is 1. The van der Waals surface area contributed by atoms with E-state index in [1.165, 1.54) is 12.1 Å². The van der Waals surface area contributed by atoms with Gasteiger partial charge in [0.1, 0.15) is 5.82 Å². The van der Waals surface area contributed by atoms with Crippen LogP contribution in [0.15, 0.2) is 24.4 Å². The largest absolute Gasteiger partial charge is 0.369 e. The normalized spacial score (nSPS) is 18.7. The maximum atomic E-state index is 13.2. The number of benzene rings is 1. The molecule has 3 rings (SSSR count). The summed E-state index contributed by atoms with van der Waals surface area (Å²) >= 11 is 5.77. The minimum Gasteiger partial charge on any atom is -0.369 e.